The number of nitrogens with one attached hydrogen (secondary N) is 1. The lowest BCUT2D eigenvalue weighted by Gasteiger charge is -2.29. The summed E-state index contributed by atoms with van der Waals surface area (Å²) in [6.45, 7) is 8.80. The lowest BCUT2D eigenvalue weighted by Crippen LogP contribution is -2.47. The number of anilines is 1. The van der Waals surface area contributed by atoms with Crippen molar-refractivity contribution in [3.63, 3.8) is 0 Å². The van der Waals surface area contributed by atoms with Crippen molar-refractivity contribution in [3.8, 4) is 0 Å². The minimum atomic E-state index is -3.50. The topological polar surface area (TPSA) is 86.8 Å². The predicted molar refractivity (Wildman–Crippen MR) is 142 cm³/mol. The van der Waals surface area contributed by atoms with E-state index < -0.39 is 16.1 Å². The van der Waals surface area contributed by atoms with Crippen LogP contribution < -0.4 is 9.62 Å². The molecule has 0 bridgehead atoms. The lowest BCUT2D eigenvalue weighted by atomic mass is 10.1. The van der Waals surface area contributed by atoms with Gasteiger partial charge in [0.05, 0.1) is 11.9 Å². The van der Waals surface area contributed by atoms with E-state index in [2.05, 4.69) is 5.32 Å². The molecule has 1 atom stereocenters. The molecule has 2 amide bonds. The van der Waals surface area contributed by atoms with Crippen LogP contribution in [0.15, 0.2) is 48.5 Å². The largest absolute Gasteiger partial charge is 0.354 e. The first-order chi connectivity index (χ1) is 16.6. The summed E-state index contributed by atoms with van der Waals surface area (Å²) in [6.07, 6.45) is 3.33. The maximum Gasteiger partial charge on any atom is 0.242 e. The smallest absolute Gasteiger partial charge is 0.242 e. The van der Waals surface area contributed by atoms with Gasteiger partial charge < -0.3 is 10.2 Å². The van der Waals surface area contributed by atoms with Crippen LogP contribution in [0.5, 0.6) is 0 Å². The van der Waals surface area contributed by atoms with Crippen LogP contribution in [0.2, 0.25) is 0 Å². The van der Waals surface area contributed by atoms with Gasteiger partial charge in [0.2, 0.25) is 21.8 Å². The van der Waals surface area contributed by atoms with Crippen LogP contribution >= 0.6 is 0 Å². The highest BCUT2D eigenvalue weighted by molar-refractivity contribution is 7.92. The number of sulfonamides is 1. The highest BCUT2D eigenvalue weighted by Gasteiger charge is 2.26. The molecule has 7 nitrogen and oxygen atoms in total. The van der Waals surface area contributed by atoms with E-state index in [9.17, 15) is 18.0 Å². The van der Waals surface area contributed by atoms with Crippen LogP contribution in [0.1, 0.15) is 56.7 Å². The second kappa shape index (κ2) is 13.3. The maximum atomic E-state index is 13.3. The molecule has 2 rings (SSSR count). The second-order valence-electron chi connectivity index (χ2n) is 8.93. The van der Waals surface area contributed by atoms with Gasteiger partial charge in [-0.1, -0.05) is 55.8 Å². The summed E-state index contributed by atoms with van der Waals surface area (Å²) in [6, 6.07) is 14.7. The molecule has 0 saturated heterocycles. The molecule has 0 aliphatic rings. The number of nitrogens with zero attached hydrogens (tertiary/aromatic N) is 2. The third kappa shape index (κ3) is 8.69. The second-order valence-corrected chi connectivity index (χ2v) is 10.8. The minimum Gasteiger partial charge on any atom is -0.354 e. The third-order valence-electron chi connectivity index (χ3n) is 5.97. The molecule has 2 aromatic carbocycles. The van der Waals surface area contributed by atoms with Crippen LogP contribution in [0.3, 0.4) is 0 Å². The number of hydrogen-bond acceptors (Lipinski definition) is 4. The third-order valence-corrected chi connectivity index (χ3v) is 7.17. The maximum absolute atomic E-state index is 13.3. The first kappa shape index (κ1) is 28.4. The number of rotatable bonds is 13. The first-order valence-electron chi connectivity index (χ1n) is 12.3. The summed E-state index contributed by atoms with van der Waals surface area (Å²) in [4.78, 5) is 27.5. The van der Waals surface area contributed by atoms with E-state index in [0.717, 1.165) is 29.5 Å². The minimum absolute atomic E-state index is 0.135. The number of carbonyl (C=O) groups excluding carboxylic acids is 2. The monoisotopic (exact) mass is 501 g/mol. The fourth-order valence-corrected chi connectivity index (χ4v) is 4.74. The average molecular weight is 502 g/mol. The molecule has 0 unspecified atom stereocenters. The van der Waals surface area contributed by atoms with Crippen molar-refractivity contribution in [3.05, 3.63) is 65.2 Å². The average Bonchev–Trinajstić information content (AvgIpc) is 2.83. The molecule has 0 aliphatic heterocycles. The lowest BCUT2D eigenvalue weighted by molar-refractivity contribution is -0.140. The quantitative estimate of drug-likeness (QED) is 0.449. The van der Waals surface area contributed by atoms with Crippen LogP contribution in [0.25, 0.3) is 0 Å². The predicted octanol–water partition coefficient (Wildman–Crippen LogP) is 4.05. The Balaban J connectivity index is 2.14. The van der Waals surface area contributed by atoms with E-state index in [1.165, 1.54) is 10.6 Å². The fraction of sp³-hybridized carbons (Fsp3) is 0.481. The van der Waals surface area contributed by atoms with Crippen molar-refractivity contribution in [1.82, 2.24) is 10.2 Å². The Morgan fingerprint density at radius 3 is 2.11 bits per heavy atom. The van der Waals surface area contributed by atoms with Crippen LogP contribution in [0, 0.1) is 6.92 Å². The fourth-order valence-electron chi connectivity index (χ4n) is 3.77. The van der Waals surface area contributed by atoms with Gasteiger partial charge in [-0.15, -0.1) is 0 Å². The standard InChI is InChI=1S/C27H39N3O4S/c1-6-18-28-27(32)22(4)29(20-24-12-10-21(3)11-13-24)26(31)9-8-19-30(35(5,33)34)25-16-14-23(7-2)15-17-25/h10-17,22H,6-9,18-20H2,1-5H3,(H,28,32)/t22-/m1/s1. The van der Waals surface area contributed by atoms with Gasteiger partial charge >= 0.3 is 0 Å². The van der Waals surface area contributed by atoms with Gasteiger partial charge in [0.15, 0.2) is 0 Å². The molecule has 1 N–H and O–H groups in total. The molecule has 0 aliphatic carbocycles. The molecule has 0 spiro atoms. The molecule has 8 heteroatoms. The molecular formula is C27H39N3O4S. The van der Waals surface area contributed by atoms with Crippen molar-refractivity contribution < 1.29 is 18.0 Å². The van der Waals surface area contributed by atoms with Crippen LogP contribution in [-0.2, 0) is 32.6 Å². The molecule has 0 fully saturated rings. The van der Waals surface area contributed by atoms with Crippen molar-refractivity contribution in [2.24, 2.45) is 0 Å². The summed E-state index contributed by atoms with van der Waals surface area (Å²) >= 11 is 0. The zero-order chi connectivity index (χ0) is 26.0. The molecule has 0 saturated carbocycles. The first-order valence-corrected chi connectivity index (χ1v) is 14.1. The Morgan fingerprint density at radius 2 is 1.57 bits per heavy atom. The van der Waals surface area contributed by atoms with Gasteiger partial charge in [-0.25, -0.2) is 8.42 Å². The van der Waals surface area contributed by atoms with Crippen molar-refractivity contribution >= 4 is 27.5 Å². The number of aryl methyl sites for hydroxylation is 2. The van der Waals surface area contributed by atoms with Crippen molar-refractivity contribution in [2.75, 3.05) is 23.7 Å². The number of amides is 2. The molecule has 0 aromatic heterocycles. The SMILES string of the molecule is CCCNC(=O)[C@@H](C)N(Cc1ccc(C)cc1)C(=O)CCCN(c1ccc(CC)cc1)S(C)(=O)=O. The zero-order valence-electron chi connectivity index (χ0n) is 21.6. The van der Waals surface area contributed by atoms with E-state index >= 15 is 0 Å². The highest BCUT2D eigenvalue weighted by Crippen LogP contribution is 2.20. The van der Waals surface area contributed by atoms with Crippen molar-refractivity contribution in [2.45, 2.75) is 66.0 Å². The molecular weight excluding hydrogens is 462 g/mol. The van der Waals surface area contributed by atoms with Gasteiger partial charge in [0.1, 0.15) is 6.04 Å². The van der Waals surface area contributed by atoms with E-state index in [-0.39, 0.29) is 24.8 Å². The number of hydrogen-bond donors (Lipinski definition) is 1. The zero-order valence-corrected chi connectivity index (χ0v) is 22.4. The normalized spacial score (nSPS) is 12.1. The van der Waals surface area contributed by atoms with Crippen molar-refractivity contribution in [1.29, 1.82) is 0 Å². The van der Waals surface area contributed by atoms with Crippen LogP contribution in [-0.4, -0.2) is 50.5 Å². The molecule has 192 valence electrons. The summed E-state index contributed by atoms with van der Waals surface area (Å²) < 4.78 is 26.2. The summed E-state index contributed by atoms with van der Waals surface area (Å²) in [5.41, 5.74) is 3.77. The van der Waals surface area contributed by atoms with Gasteiger partial charge in [0, 0.05) is 26.1 Å². The van der Waals surface area contributed by atoms with E-state index in [4.69, 9.17) is 0 Å². The van der Waals surface area contributed by atoms with E-state index in [1.807, 2.05) is 57.2 Å². The Morgan fingerprint density at radius 1 is 0.971 bits per heavy atom. The molecule has 2 aromatic rings. The summed E-state index contributed by atoms with van der Waals surface area (Å²) in [7, 11) is -3.50. The molecule has 0 heterocycles. The van der Waals surface area contributed by atoms with Gasteiger partial charge in [0.25, 0.3) is 0 Å². The van der Waals surface area contributed by atoms with Crippen LogP contribution in [0.4, 0.5) is 5.69 Å². The van der Waals surface area contributed by atoms with E-state index in [0.29, 0.717) is 25.2 Å². The molecule has 0 radical (unpaired) electrons. The van der Waals surface area contributed by atoms with Gasteiger partial charge in [-0.3, -0.25) is 13.9 Å². The Bertz CT molecular complexity index is 1070. The number of benzene rings is 2. The molecule has 35 heavy (non-hydrogen) atoms. The highest BCUT2D eigenvalue weighted by atomic mass is 32.2. The summed E-state index contributed by atoms with van der Waals surface area (Å²) in [5, 5.41) is 2.87. The Labute approximate surface area is 210 Å². The summed E-state index contributed by atoms with van der Waals surface area (Å²) in [5.74, 6) is -0.374. The van der Waals surface area contributed by atoms with E-state index in [1.54, 1.807) is 24.0 Å². The Kier molecular flexibility index (Phi) is 10.8. The van der Waals surface area contributed by atoms with Gasteiger partial charge in [-0.2, -0.15) is 0 Å². The van der Waals surface area contributed by atoms with Gasteiger partial charge in [-0.05, 0) is 56.4 Å². The number of carbonyl (C=O) groups is 2. The Hall–Kier alpha value is -2.87.